The molecule has 30 heavy (non-hydrogen) atoms. The van der Waals surface area contributed by atoms with Gasteiger partial charge in [-0.2, -0.15) is 4.31 Å². The van der Waals surface area contributed by atoms with E-state index in [2.05, 4.69) is 15.9 Å². The first-order valence-electron chi connectivity index (χ1n) is 9.15. The number of esters is 1. The van der Waals surface area contributed by atoms with E-state index >= 15 is 0 Å². The molecule has 0 N–H and O–H groups in total. The van der Waals surface area contributed by atoms with Crippen molar-refractivity contribution in [2.45, 2.75) is 25.6 Å². The summed E-state index contributed by atoms with van der Waals surface area (Å²) < 4.78 is 37.2. The molecule has 156 valence electrons. The molecule has 2 heterocycles. The van der Waals surface area contributed by atoms with E-state index in [1.165, 1.54) is 6.07 Å². The predicted molar refractivity (Wildman–Crippen MR) is 114 cm³/mol. The van der Waals surface area contributed by atoms with Gasteiger partial charge in [-0.1, -0.05) is 40.2 Å². The summed E-state index contributed by atoms with van der Waals surface area (Å²) in [6.45, 7) is -0.0566. The van der Waals surface area contributed by atoms with Crippen molar-refractivity contribution in [1.82, 2.24) is 4.31 Å². The quantitative estimate of drug-likeness (QED) is 0.411. The van der Waals surface area contributed by atoms with E-state index in [1.807, 2.05) is 24.3 Å². The van der Waals surface area contributed by atoms with E-state index < -0.39 is 27.7 Å². The number of nitrogens with zero attached hydrogens (tertiary/aromatic N) is 1. The molecule has 0 aliphatic carbocycles. The lowest BCUT2D eigenvalue weighted by Crippen LogP contribution is -2.48. The molecule has 2 aromatic carbocycles. The highest BCUT2D eigenvalue weighted by atomic mass is 79.9. The predicted octanol–water partition coefficient (Wildman–Crippen LogP) is 2.99. The van der Waals surface area contributed by atoms with E-state index in [0.717, 1.165) is 26.2 Å². The molecule has 9 heteroatoms. The van der Waals surface area contributed by atoms with Gasteiger partial charge >= 0.3 is 11.6 Å². The summed E-state index contributed by atoms with van der Waals surface area (Å²) >= 11 is 3.32. The zero-order valence-electron chi connectivity index (χ0n) is 16.0. The van der Waals surface area contributed by atoms with Crippen molar-refractivity contribution in [1.29, 1.82) is 0 Å². The van der Waals surface area contributed by atoms with Gasteiger partial charge in [0.05, 0.1) is 6.26 Å². The summed E-state index contributed by atoms with van der Waals surface area (Å²) in [5.74, 6) is -0.659. The molecule has 0 amide bonds. The van der Waals surface area contributed by atoms with Gasteiger partial charge in [-0.05, 0) is 29.3 Å². The minimum absolute atomic E-state index is 0.112. The van der Waals surface area contributed by atoms with Crippen molar-refractivity contribution in [3.63, 3.8) is 0 Å². The summed E-state index contributed by atoms with van der Waals surface area (Å²) in [6, 6.07) is 12.9. The highest BCUT2D eigenvalue weighted by Gasteiger charge is 2.37. The first kappa shape index (κ1) is 20.8. The Bertz CT molecular complexity index is 1300. The maximum atomic E-state index is 12.9. The molecule has 0 saturated heterocycles. The number of sulfonamides is 1. The van der Waals surface area contributed by atoms with Crippen LogP contribution in [0.4, 0.5) is 0 Å². The fourth-order valence-electron chi connectivity index (χ4n) is 3.62. The molecule has 7 nitrogen and oxygen atoms in total. The normalized spacial score (nSPS) is 16.9. The molecule has 0 bridgehead atoms. The highest BCUT2D eigenvalue weighted by Crippen LogP contribution is 2.27. The van der Waals surface area contributed by atoms with Gasteiger partial charge in [-0.15, -0.1) is 0 Å². The highest BCUT2D eigenvalue weighted by molar-refractivity contribution is 9.10. The van der Waals surface area contributed by atoms with Crippen molar-refractivity contribution in [2.75, 3.05) is 6.26 Å². The zero-order valence-corrected chi connectivity index (χ0v) is 18.4. The van der Waals surface area contributed by atoms with Crippen LogP contribution in [0.5, 0.6) is 0 Å². The molecular weight excluding hydrogens is 474 g/mol. The van der Waals surface area contributed by atoms with Crippen molar-refractivity contribution >= 4 is 42.9 Å². The van der Waals surface area contributed by atoms with Gasteiger partial charge in [0, 0.05) is 34.5 Å². The summed E-state index contributed by atoms with van der Waals surface area (Å²) in [7, 11) is -3.63. The van der Waals surface area contributed by atoms with Gasteiger partial charge < -0.3 is 9.15 Å². The van der Waals surface area contributed by atoms with Crippen LogP contribution in [0.15, 0.2) is 62.2 Å². The first-order chi connectivity index (χ1) is 14.2. The standard InChI is InChI=1S/C21H18BrNO6S/c1-30(26,27)23-11-14-5-3-2-4-13(14)8-18(23)21(25)28-12-15-9-20(24)29-19-10-16(22)6-7-17(15)19/h2-7,9-10,18H,8,11-12H2,1H3. The van der Waals surface area contributed by atoms with E-state index in [1.54, 1.807) is 18.2 Å². The molecule has 1 aromatic heterocycles. The minimum Gasteiger partial charge on any atom is -0.460 e. The van der Waals surface area contributed by atoms with Crippen LogP contribution in [0.3, 0.4) is 0 Å². The molecule has 0 saturated carbocycles. The second-order valence-corrected chi connectivity index (χ2v) is 9.99. The Morgan fingerprint density at radius 1 is 1.20 bits per heavy atom. The van der Waals surface area contributed by atoms with Crippen LogP contribution in [0.1, 0.15) is 16.7 Å². The summed E-state index contributed by atoms with van der Waals surface area (Å²) in [4.78, 5) is 24.7. The number of carbonyl (C=O) groups excluding carboxylic acids is 1. The van der Waals surface area contributed by atoms with Crippen molar-refractivity contribution in [3.05, 3.63) is 80.1 Å². The van der Waals surface area contributed by atoms with Crippen LogP contribution in [0.25, 0.3) is 11.0 Å². The number of fused-ring (bicyclic) bond motifs is 2. The second kappa shape index (κ2) is 7.98. The van der Waals surface area contributed by atoms with Crippen LogP contribution < -0.4 is 5.63 Å². The van der Waals surface area contributed by atoms with E-state index in [9.17, 15) is 18.0 Å². The van der Waals surface area contributed by atoms with Crippen LogP contribution in [-0.4, -0.2) is 31.0 Å². The third-order valence-corrected chi connectivity index (χ3v) is 6.79. The molecule has 0 fully saturated rings. The van der Waals surface area contributed by atoms with Crippen LogP contribution in [0.2, 0.25) is 0 Å². The third-order valence-electron chi connectivity index (χ3n) is 5.07. The van der Waals surface area contributed by atoms with Gasteiger partial charge in [0.25, 0.3) is 0 Å². The summed E-state index contributed by atoms with van der Waals surface area (Å²) in [5, 5.41) is 0.638. The third kappa shape index (κ3) is 4.19. The fraction of sp³-hybridized carbons (Fsp3) is 0.238. The monoisotopic (exact) mass is 491 g/mol. The number of ether oxygens (including phenoxy) is 1. The fourth-order valence-corrected chi connectivity index (χ4v) is 4.95. The van der Waals surface area contributed by atoms with Gasteiger partial charge in [0.1, 0.15) is 18.2 Å². The second-order valence-electron chi connectivity index (χ2n) is 7.14. The van der Waals surface area contributed by atoms with E-state index in [0.29, 0.717) is 16.5 Å². The topological polar surface area (TPSA) is 93.9 Å². The van der Waals surface area contributed by atoms with Crippen LogP contribution >= 0.6 is 15.9 Å². The number of benzene rings is 2. The van der Waals surface area contributed by atoms with Gasteiger partial charge in [0.15, 0.2) is 0 Å². The minimum atomic E-state index is -3.63. The van der Waals surface area contributed by atoms with Crippen molar-refractivity contribution in [2.24, 2.45) is 0 Å². The van der Waals surface area contributed by atoms with Gasteiger partial charge in [-0.3, -0.25) is 4.79 Å². The molecule has 0 spiro atoms. The lowest BCUT2D eigenvalue weighted by molar-refractivity contribution is -0.150. The Morgan fingerprint density at radius 3 is 2.67 bits per heavy atom. The van der Waals surface area contributed by atoms with Gasteiger partial charge in [-0.25, -0.2) is 13.2 Å². The Hall–Kier alpha value is -2.49. The molecule has 1 atom stereocenters. The maximum Gasteiger partial charge on any atom is 0.336 e. The first-order valence-corrected chi connectivity index (χ1v) is 11.8. The molecule has 1 aliphatic heterocycles. The maximum absolute atomic E-state index is 12.9. The molecule has 3 aromatic rings. The Balaban J connectivity index is 1.61. The SMILES string of the molecule is CS(=O)(=O)N1Cc2ccccc2CC1C(=O)OCc1cc(=O)oc2cc(Br)ccc12. The van der Waals surface area contributed by atoms with Gasteiger partial charge in [0.2, 0.25) is 10.0 Å². The Morgan fingerprint density at radius 2 is 1.93 bits per heavy atom. The van der Waals surface area contributed by atoms with Crippen LogP contribution in [-0.2, 0) is 39.1 Å². The number of hydrogen-bond donors (Lipinski definition) is 0. The van der Waals surface area contributed by atoms with Crippen molar-refractivity contribution in [3.8, 4) is 0 Å². The van der Waals surface area contributed by atoms with E-state index in [4.69, 9.17) is 9.15 Å². The Labute approximate surface area is 181 Å². The lowest BCUT2D eigenvalue weighted by Gasteiger charge is -2.33. The van der Waals surface area contributed by atoms with E-state index in [-0.39, 0.29) is 19.6 Å². The molecule has 1 aliphatic rings. The molecule has 4 rings (SSSR count). The smallest absolute Gasteiger partial charge is 0.336 e. The summed E-state index contributed by atoms with van der Waals surface area (Å²) in [5.41, 5.74) is 2.08. The largest absolute Gasteiger partial charge is 0.460 e. The number of hydrogen-bond acceptors (Lipinski definition) is 6. The number of carbonyl (C=O) groups is 1. The number of halogens is 1. The molecular formula is C21H18BrNO6S. The number of rotatable bonds is 4. The lowest BCUT2D eigenvalue weighted by atomic mass is 9.96. The summed E-state index contributed by atoms with van der Waals surface area (Å²) in [6.07, 6.45) is 1.31. The average molecular weight is 492 g/mol. The zero-order chi connectivity index (χ0) is 21.5. The molecule has 1 unspecified atom stereocenters. The average Bonchev–Trinajstić information content (AvgIpc) is 2.69. The van der Waals surface area contributed by atoms with Crippen LogP contribution in [0, 0.1) is 0 Å². The van der Waals surface area contributed by atoms with Crippen molar-refractivity contribution < 1.29 is 22.4 Å². The Kier molecular flexibility index (Phi) is 5.52. The molecule has 0 radical (unpaired) electrons.